The highest BCUT2D eigenvalue weighted by atomic mass is 19.1. The molecule has 1 fully saturated rings. The van der Waals surface area contributed by atoms with Crippen LogP contribution in [0.2, 0.25) is 0 Å². The molecule has 0 radical (unpaired) electrons. The number of nitrogens with zero attached hydrogens (tertiary/aromatic N) is 1. The topological polar surface area (TPSA) is 45.3 Å². The van der Waals surface area contributed by atoms with Gasteiger partial charge in [-0.3, -0.25) is 4.79 Å². The predicted molar refractivity (Wildman–Crippen MR) is 104 cm³/mol. The zero-order valence-corrected chi connectivity index (χ0v) is 15.4. The zero-order chi connectivity index (χ0) is 18.8. The Labute approximate surface area is 157 Å². The van der Waals surface area contributed by atoms with E-state index < -0.39 is 0 Å². The second kappa shape index (κ2) is 7.43. The van der Waals surface area contributed by atoms with Gasteiger partial charge in [-0.15, -0.1) is 0 Å². The number of methoxy groups -OCH3 is 1. The van der Waals surface area contributed by atoms with Crippen LogP contribution in [-0.4, -0.2) is 36.0 Å². The number of hydrogen-bond acceptors (Lipinski definition) is 2. The van der Waals surface area contributed by atoms with Gasteiger partial charge in [-0.05, 0) is 48.7 Å². The lowest BCUT2D eigenvalue weighted by Gasteiger charge is -2.24. The minimum absolute atomic E-state index is 0.0131. The van der Waals surface area contributed by atoms with E-state index in [-0.39, 0.29) is 17.6 Å². The van der Waals surface area contributed by atoms with E-state index in [0.29, 0.717) is 12.2 Å². The minimum Gasteiger partial charge on any atom is -0.497 e. The van der Waals surface area contributed by atoms with Gasteiger partial charge in [0.15, 0.2) is 0 Å². The SMILES string of the molecule is COc1ccc2cc(C(=O)N3CCCCC(c4ccc(F)cc4)C3)[nH]c2c1. The van der Waals surface area contributed by atoms with Crippen LogP contribution in [0.3, 0.4) is 0 Å². The summed E-state index contributed by atoms with van der Waals surface area (Å²) in [6, 6.07) is 14.3. The molecule has 2 heterocycles. The number of amides is 1. The number of carbonyl (C=O) groups is 1. The Kier molecular flexibility index (Phi) is 4.84. The number of likely N-dealkylation sites (tertiary alicyclic amines) is 1. The molecule has 3 aromatic rings. The lowest BCUT2D eigenvalue weighted by atomic mass is 9.94. The van der Waals surface area contributed by atoms with Gasteiger partial charge in [-0.1, -0.05) is 18.6 Å². The van der Waals surface area contributed by atoms with Gasteiger partial charge < -0.3 is 14.6 Å². The number of benzene rings is 2. The molecule has 1 aliphatic heterocycles. The number of fused-ring (bicyclic) bond motifs is 1. The lowest BCUT2D eigenvalue weighted by molar-refractivity contribution is 0.0749. The van der Waals surface area contributed by atoms with Gasteiger partial charge in [0.25, 0.3) is 5.91 Å². The van der Waals surface area contributed by atoms with Crippen molar-refractivity contribution in [2.24, 2.45) is 0 Å². The summed E-state index contributed by atoms with van der Waals surface area (Å²) in [6.45, 7) is 1.40. The normalized spacial score (nSPS) is 17.7. The maximum Gasteiger partial charge on any atom is 0.270 e. The summed E-state index contributed by atoms with van der Waals surface area (Å²) in [7, 11) is 1.63. The molecule has 1 atom stereocenters. The molecule has 0 spiro atoms. The summed E-state index contributed by atoms with van der Waals surface area (Å²) in [5, 5.41) is 0.990. The molecule has 27 heavy (non-hydrogen) atoms. The van der Waals surface area contributed by atoms with Crippen molar-refractivity contribution >= 4 is 16.8 Å². The van der Waals surface area contributed by atoms with Gasteiger partial charge in [0.2, 0.25) is 0 Å². The molecule has 1 unspecified atom stereocenters. The van der Waals surface area contributed by atoms with Crippen molar-refractivity contribution in [3.63, 3.8) is 0 Å². The average molecular weight is 366 g/mol. The van der Waals surface area contributed by atoms with E-state index in [1.54, 1.807) is 7.11 Å². The van der Waals surface area contributed by atoms with Crippen LogP contribution in [-0.2, 0) is 0 Å². The number of carbonyl (C=O) groups excluding carboxylic acids is 1. The second-order valence-corrected chi connectivity index (χ2v) is 7.13. The summed E-state index contributed by atoms with van der Waals surface area (Å²) in [6.07, 6.45) is 3.06. The molecule has 1 aromatic heterocycles. The fraction of sp³-hybridized carbons (Fsp3) is 0.318. The Morgan fingerprint density at radius 2 is 1.96 bits per heavy atom. The van der Waals surface area contributed by atoms with Crippen LogP contribution in [0.4, 0.5) is 4.39 Å². The Hall–Kier alpha value is -2.82. The van der Waals surface area contributed by atoms with Crippen LogP contribution in [0.5, 0.6) is 5.75 Å². The Morgan fingerprint density at radius 1 is 1.15 bits per heavy atom. The van der Waals surface area contributed by atoms with Gasteiger partial charge in [-0.2, -0.15) is 0 Å². The summed E-state index contributed by atoms with van der Waals surface area (Å²) in [5.74, 6) is 0.781. The van der Waals surface area contributed by atoms with E-state index in [0.717, 1.165) is 48.0 Å². The molecule has 1 N–H and O–H groups in total. The maximum atomic E-state index is 13.2. The monoisotopic (exact) mass is 366 g/mol. The summed E-state index contributed by atoms with van der Waals surface area (Å²) in [5.41, 5.74) is 2.58. The number of ether oxygens (including phenoxy) is 1. The summed E-state index contributed by atoms with van der Waals surface area (Å²) < 4.78 is 18.5. The van der Waals surface area contributed by atoms with Crippen molar-refractivity contribution in [2.45, 2.75) is 25.2 Å². The third-order valence-electron chi connectivity index (χ3n) is 5.36. The summed E-state index contributed by atoms with van der Waals surface area (Å²) in [4.78, 5) is 18.3. The van der Waals surface area contributed by atoms with Crippen molar-refractivity contribution in [2.75, 3.05) is 20.2 Å². The van der Waals surface area contributed by atoms with Crippen molar-refractivity contribution in [3.05, 3.63) is 65.6 Å². The molecule has 0 saturated carbocycles. The van der Waals surface area contributed by atoms with E-state index in [9.17, 15) is 9.18 Å². The Balaban J connectivity index is 1.57. The first kappa shape index (κ1) is 17.6. The first-order valence-electron chi connectivity index (χ1n) is 9.35. The maximum absolute atomic E-state index is 13.2. The highest BCUT2D eigenvalue weighted by Gasteiger charge is 2.25. The largest absolute Gasteiger partial charge is 0.497 e. The van der Waals surface area contributed by atoms with Crippen molar-refractivity contribution in [1.82, 2.24) is 9.88 Å². The van der Waals surface area contributed by atoms with Crippen LogP contribution in [0.1, 0.15) is 41.2 Å². The standard InChI is InChI=1S/C22H23FN2O2/c1-27-19-10-7-16-12-21(24-20(16)13-19)22(26)25-11-3-2-4-17(14-25)15-5-8-18(23)9-6-15/h5-10,12-13,17,24H,2-4,11,14H2,1H3. The molecule has 140 valence electrons. The fourth-order valence-corrected chi connectivity index (χ4v) is 3.85. The van der Waals surface area contributed by atoms with Crippen LogP contribution in [0, 0.1) is 5.82 Å². The van der Waals surface area contributed by atoms with Gasteiger partial charge in [0, 0.05) is 36.0 Å². The number of H-pyrrole nitrogens is 1. The number of aromatic nitrogens is 1. The molecule has 1 saturated heterocycles. The molecule has 4 nitrogen and oxygen atoms in total. The van der Waals surface area contributed by atoms with Crippen molar-refractivity contribution in [3.8, 4) is 5.75 Å². The molecule has 1 amide bonds. The lowest BCUT2D eigenvalue weighted by Crippen LogP contribution is -2.34. The Bertz CT molecular complexity index is 949. The zero-order valence-electron chi connectivity index (χ0n) is 15.4. The fourth-order valence-electron chi connectivity index (χ4n) is 3.85. The van der Waals surface area contributed by atoms with E-state index in [4.69, 9.17) is 4.74 Å². The highest BCUT2D eigenvalue weighted by Crippen LogP contribution is 2.28. The van der Waals surface area contributed by atoms with Gasteiger partial charge >= 0.3 is 0 Å². The van der Waals surface area contributed by atoms with E-state index >= 15 is 0 Å². The Morgan fingerprint density at radius 3 is 2.74 bits per heavy atom. The van der Waals surface area contributed by atoms with Gasteiger partial charge in [0.1, 0.15) is 17.3 Å². The molecule has 4 rings (SSSR count). The van der Waals surface area contributed by atoms with E-state index in [1.807, 2.05) is 41.3 Å². The second-order valence-electron chi connectivity index (χ2n) is 7.13. The molecule has 2 aromatic carbocycles. The first-order valence-corrected chi connectivity index (χ1v) is 9.35. The quantitative estimate of drug-likeness (QED) is 0.729. The molecule has 5 heteroatoms. The first-order chi connectivity index (χ1) is 13.1. The summed E-state index contributed by atoms with van der Waals surface area (Å²) >= 11 is 0. The van der Waals surface area contributed by atoms with E-state index in [1.165, 1.54) is 12.1 Å². The van der Waals surface area contributed by atoms with Crippen LogP contribution < -0.4 is 4.74 Å². The number of nitrogens with one attached hydrogen (secondary N) is 1. The third kappa shape index (κ3) is 3.68. The molecule has 1 aliphatic rings. The third-order valence-corrected chi connectivity index (χ3v) is 5.36. The smallest absolute Gasteiger partial charge is 0.270 e. The number of aromatic amines is 1. The molecule has 0 bridgehead atoms. The predicted octanol–water partition coefficient (Wildman–Crippen LogP) is 4.73. The van der Waals surface area contributed by atoms with Gasteiger partial charge in [-0.25, -0.2) is 4.39 Å². The minimum atomic E-state index is -0.228. The number of rotatable bonds is 3. The van der Waals surface area contributed by atoms with Crippen LogP contribution >= 0.6 is 0 Å². The van der Waals surface area contributed by atoms with Crippen LogP contribution in [0.15, 0.2) is 48.5 Å². The van der Waals surface area contributed by atoms with Gasteiger partial charge in [0.05, 0.1) is 7.11 Å². The average Bonchev–Trinajstić information content (AvgIpc) is 2.96. The van der Waals surface area contributed by atoms with Crippen molar-refractivity contribution < 1.29 is 13.9 Å². The number of hydrogen-bond donors (Lipinski definition) is 1. The molecular formula is C22H23FN2O2. The van der Waals surface area contributed by atoms with Crippen LogP contribution in [0.25, 0.3) is 10.9 Å². The van der Waals surface area contributed by atoms with E-state index in [2.05, 4.69) is 4.98 Å². The number of halogens is 1. The highest BCUT2D eigenvalue weighted by molar-refractivity contribution is 5.98. The molecular weight excluding hydrogens is 343 g/mol. The van der Waals surface area contributed by atoms with Crippen molar-refractivity contribution in [1.29, 1.82) is 0 Å². The molecule has 0 aliphatic carbocycles.